The fraction of sp³-hybridized carbons (Fsp3) is 0.462. The first-order valence-electron chi connectivity index (χ1n) is 6.01. The van der Waals surface area contributed by atoms with Crippen LogP contribution in [0.25, 0.3) is 0 Å². The maximum absolute atomic E-state index is 11.9. The van der Waals surface area contributed by atoms with E-state index in [-0.39, 0.29) is 24.4 Å². The van der Waals surface area contributed by atoms with Crippen molar-refractivity contribution < 1.29 is 9.90 Å². The molecule has 1 aromatic rings. The molecule has 0 unspecified atom stereocenters. The fourth-order valence-corrected chi connectivity index (χ4v) is 2.21. The van der Waals surface area contributed by atoms with Gasteiger partial charge in [-0.05, 0) is 31.0 Å². The lowest BCUT2D eigenvalue weighted by Crippen LogP contribution is -2.45. The van der Waals surface area contributed by atoms with Gasteiger partial charge in [0.1, 0.15) is 0 Å². The average Bonchev–Trinajstić information content (AvgIpc) is 2.32. The van der Waals surface area contributed by atoms with Gasteiger partial charge in [-0.25, -0.2) is 0 Å². The Bertz CT molecular complexity index is 412. The van der Waals surface area contributed by atoms with Crippen LogP contribution in [0.3, 0.4) is 0 Å². The van der Waals surface area contributed by atoms with Gasteiger partial charge >= 0.3 is 0 Å². The summed E-state index contributed by atoms with van der Waals surface area (Å²) in [4.78, 5) is 11.9. The molecular formula is C13H19ClN2O2. The molecule has 4 nitrogen and oxygen atoms in total. The molecule has 1 aliphatic carbocycles. The van der Waals surface area contributed by atoms with Crippen LogP contribution in [0, 0.1) is 0 Å². The Kier molecular flexibility index (Phi) is 5.44. The van der Waals surface area contributed by atoms with Gasteiger partial charge < -0.3 is 16.2 Å². The normalized spacial score (nSPS) is 22.9. The van der Waals surface area contributed by atoms with Crippen LogP contribution >= 0.6 is 12.4 Å². The molecule has 2 rings (SSSR count). The minimum atomic E-state index is -0.422. The van der Waals surface area contributed by atoms with Crippen LogP contribution in [0.1, 0.15) is 36.0 Å². The molecule has 1 aromatic carbocycles. The number of amides is 1. The number of carbonyl (C=O) groups excluding carboxylic acids is 1. The predicted octanol–water partition coefficient (Wildman–Crippen LogP) is 1.72. The van der Waals surface area contributed by atoms with E-state index in [2.05, 4.69) is 5.32 Å². The third kappa shape index (κ3) is 3.62. The number of nitrogen functional groups attached to an aromatic ring is 1. The predicted molar refractivity (Wildman–Crippen MR) is 73.8 cm³/mol. The molecule has 1 aliphatic rings. The van der Waals surface area contributed by atoms with E-state index in [0.717, 1.165) is 25.7 Å². The Morgan fingerprint density at radius 1 is 1.33 bits per heavy atom. The topological polar surface area (TPSA) is 75.4 Å². The Labute approximate surface area is 113 Å². The van der Waals surface area contributed by atoms with E-state index < -0.39 is 6.10 Å². The number of aliphatic hydroxyl groups excluding tert-OH is 1. The van der Waals surface area contributed by atoms with E-state index in [1.807, 2.05) is 0 Å². The van der Waals surface area contributed by atoms with Gasteiger partial charge in [0.2, 0.25) is 0 Å². The molecule has 0 aromatic heterocycles. The Morgan fingerprint density at radius 3 is 2.72 bits per heavy atom. The first-order valence-corrected chi connectivity index (χ1v) is 6.01. The molecule has 2 atom stereocenters. The van der Waals surface area contributed by atoms with Gasteiger partial charge in [0.15, 0.2) is 0 Å². The van der Waals surface area contributed by atoms with E-state index >= 15 is 0 Å². The summed E-state index contributed by atoms with van der Waals surface area (Å²) >= 11 is 0. The van der Waals surface area contributed by atoms with Gasteiger partial charge in [0, 0.05) is 11.3 Å². The largest absolute Gasteiger partial charge is 0.399 e. The minimum absolute atomic E-state index is 0. The quantitative estimate of drug-likeness (QED) is 0.717. The number of carbonyl (C=O) groups is 1. The number of aliphatic hydroxyl groups is 1. The van der Waals surface area contributed by atoms with Crippen molar-refractivity contribution in [2.45, 2.75) is 37.8 Å². The number of hydrogen-bond donors (Lipinski definition) is 3. The molecule has 100 valence electrons. The number of nitrogens with two attached hydrogens (primary N) is 1. The average molecular weight is 271 g/mol. The van der Waals surface area contributed by atoms with Crippen molar-refractivity contribution in [1.29, 1.82) is 0 Å². The molecule has 0 heterocycles. The summed E-state index contributed by atoms with van der Waals surface area (Å²) in [5, 5.41) is 12.6. The van der Waals surface area contributed by atoms with Crippen molar-refractivity contribution in [1.82, 2.24) is 5.32 Å². The van der Waals surface area contributed by atoms with Crippen molar-refractivity contribution in [3.8, 4) is 0 Å². The second-order valence-corrected chi connectivity index (χ2v) is 4.56. The highest BCUT2D eigenvalue weighted by atomic mass is 35.5. The first kappa shape index (κ1) is 14.8. The number of anilines is 1. The number of rotatable bonds is 2. The molecular weight excluding hydrogens is 252 g/mol. The molecule has 1 saturated carbocycles. The van der Waals surface area contributed by atoms with E-state index in [0.29, 0.717) is 11.3 Å². The van der Waals surface area contributed by atoms with Crippen LogP contribution < -0.4 is 11.1 Å². The molecule has 1 fully saturated rings. The number of halogens is 1. The second-order valence-electron chi connectivity index (χ2n) is 4.56. The van der Waals surface area contributed by atoms with E-state index in [1.54, 1.807) is 24.3 Å². The summed E-state index contributed by atoms with van der Waals surface area (Å²) in [6.45, 7) is 0. The Balaban J connectivity index is 0.00000162. The first-order chi connectivity index (χ1) is 8.16. The van der Waals surface area contributed by atoms with E-state index in [9.17, 15) is 9.90 Å². The van der Waals surface area contributed by atoms with Gasteiger partial charge in [0.25, 0.3) is 5.91 Å². The minimum Gasteiger partial charge on any atom is -0.399 e. The Hall–Kier alpha value is -1.26. The van der Waals surface area contributed by atoms with Crippen molar-refractivity contribution >= 4 is 24.0 Å². The van der Waals surface area contributed by atoms with Crippen molar-refractivity contribution in [3.63, 3.8) is 0 Å². The van der Waals surface area contributed by atoms with Crippen molar-refractivity contribution in [2.24, 2.45) is 0 Å². The van der Waals surface area contributed by atoms with Crippen LogP contribution in [-0.2, 0) is 0 Å². The fourth-order valence-electron chi connectivity index (χ4n) is 2.21. The van der Waals surface area contributed by atoms with Gasteiger partial charge in [-0.2, -0.15) is 0 Å². The zero-order chi connectivity index (χ0) is 12.3. The summed E-state index contributed by atoms with van der Waals surface area (Å²) in [5.41, 5.74) is 6.74. The lowest BCUT2D eigenvalue weighted by molar-refractivity contribution is 0.0717. The van der Waals surface area contributed by atoms with Gasteiger partial charge in [-0.15, -0.1) is 12.4 Å². The van der Waals surface area contributed by atoms with Crippen LogP contribution in [0.2, 0.25) is 0 Å². The summed E-state index contributed by atoms with van der Waals surface area (Å²) in [6.07, 6.45) is 3.27. The maximum atomic E-state index is 11.9. The molecule has 0 radical (unpaired) electrons. The molecule has 4 N–H and O–H groups in total. The second kappa shape index (κ2) is 6.61. The number of nitrogens with one attached hydrogen (secondary N) is 1. The molecule has 0 bridgehead atoms. The zero-order valence-electron chi connectivity index (χ0n) is 10.1. The summed E-state index contributed by atoms with van der Waals surface area (Å²) in [5.74, 6) is -0.164. The number of benzene rings is 1. The van der Waals surface area contributed by atoms with Gasteiger partial charge in [-0.3, -0.25) is 4.79 Å². The molecule has 0 spiro atoms. The smallest absolute Gasteiger partial charge is 0.251 e. The molecule has 18 heavy (non-hydrogen) atoms. The highest BCUT2D eigenvalue weighted by Crippen LogP contribution is 2.19. The highest BCUT2D eigenvalue weighted by molar-refractivity contribution is 5.95. The molecule has 0 saturated heterocycles. The van der Waals surface area contributed by atoms with Crippen LogP contribution in [0.5, 0.6) is 0 Å². The maximum Gasteiger partial charge on any atom is 0.251 e. The molecule has 1 amide bonds. The van der Waals surface area contributed by atoms with Crippen molar-refractivity contribution in [3.05, 3.63) is 29.8 Å². The summed E-state index contributed by atoms with van der Waals surface area (Å²) in [7, 11) is 0. The Morgan fingerprint density at radius 2 is 2.06 bits per heavy atom. The van der Waals surface area contributed by atoms with Gasteiger partial charge in [0.05, 0.1) is 12.1 Å². The third-order valence-corrected chi connectivity index (χ3v) is 3.19. The molecule has 5 heteroatoms. The standard InChI is InChI=1S/C13H18N2O2.ClH/c14-10-5-3-4-9(8-10)13(17)15-11-6-1-2-7-12(11)16;/h3-5,8,11-12,16H,1-2,6-7,14H2,(H,15,17);1H/t11-,12-;/m1./s1. The van der Waals surface area contributed by atoms with Crippen LogP contribution in [-0.4, -0.2) is 23.2 Å². The molecule has 0 aliphatic heterocycles. The van der Waals surface area contributed by atoms with E-state index in [4.69, 9.17) is 5.73 Å². The van der Waals surface area contributed by atoms with E-state index in [1.165, 1.54) is 0 Å². The monoisotopic (exact) mass is 270 g/mol. The van der Waals surface area contributed by atoms with Crippen molar-refractivity contribution in [2.75, 3.05) is 5.73 Å². The van der Waals surface area contributed by atoms with Gasteiger partial charge in [-0.1, -0.05) is 18.9 Å². The summed E-state index contributed by atoms with van der Waals surface area (Å²) < 4.78 is 0. The lowest BCUT2D eigenvalue weighted by Gasteiger charge is -2.28. The summed E-state index contributed by atoms with van der Waals surface area (Å²) in [6, 6.07) is 6.73. The SMILES string of the molecule is Cl.Nc1cccc(C(=O)N[C@@H]2CCCC[C@H]2O)c1. The van der Waals surface area contributed by atoms with Crippen LogP contribution in [0.15, 0.2) is 24.3 Å². The van der Waals surface area contributed by atoms with Crippen LogP contribution in [0.4, 0.5) is 5.69 Å². The number of hydrogen-bond acceptors (Lipinski definition) is 3. The highest BCUT2D eigenvalue weighted by Gasteiger charge is 2.24. The zero-order valence-corrected chi connectivity index (χ0v) is 11.0. The lowest BCUT2D eigenvalue weighted by atomic mass is 9.92. The third-order valence-electron chi connectivity index (χ3n) is 3.19.